The molecule has 1 heteroatoms. The van der Waals surface area contributed by atoms with Gasteiger partial charge in [0.2, 0.25) is 0 Å². The van der Waals surface area contributed by atoms with Crippen LogP contribution < -0.4 is 0 Å². The number of furan rings is 1. The van der Waals surface area contributed by atoms with E-state index in [0.717, 1.165) is 65.7 Å². The number of rotatable bonds is 3. The minimum Gasteiger partial charge on any atom is -0.456 e. The number of fused-ring (bicyclic) bond motifs is 6. The van der Waals surface area contributed by atoms with Crippen molar-refractivity contribution in [2.75, 3.05) is 0 Å². The molecule has 0 saturated carbocycles. The Labute approximate surface area is 259 Å². The molecule has 0 unspecified atom stereocenters. The smallest absolute Gasteiger partial charge is 0.135 e. The Bertz CT molecular complexity index is 2830. The predicted octanol–water partition coefficient (Wildman–Crippen LogP) is 12.0. The summed E-state index contributed by atoms with van der Waals surface area (Å²) < 4.78 is 65.5. The molecule has 43 heavy (non-hydrogen) atoms. The highest BCUT2D eigenvalue weighted by Crippen LogP contribution is 2.45. The van der Waals surface area contributed by atoms with Gasteiger partial charge in [0.05, 0.1) is 9.60 Å². The van der Waals surface area contributed by atoms with Gasteiger partial charge in [-0.3, -0.25) is 0 Å². The van der Waals surface area contributed by atoms with Crippen LogP contribution in [0.2, 0.25) is 0 Å². The van der Waals surface area contributed by atoms with Crippen molar-refractivity contribution in [3.8, 4) is 33.4 Å². The summed E-state index contributed by atoms with van der Waals surface area (Å²) in [6.45, 7) is 0. The van der Waals surface area contributed by atoms with Gasteiger partial charge in [-0.15, -0.1) is 0 Å². The van der Waals surface area contributed by atoms with Gasteiger partial charge in [0.1, 0.15) is 11.2 Å². The maximum Gasteiger partial charge on any atom is 0.135 e. The van der Waals surface area contributed by atoms with Crippen LogP contribution in [0.25, 0.3) is 87.6 Å². The summed E-state index contributed by atoms with van der Waals surface area (Å²) in [6, 6.07) is 36.2. The summed E-state index contributed by atoms with van der Waals surface area (Å²) in [7, 11) is 0. The molecule has 1 aromatic heterocycles. The minimum atomic E-state index is -0.463. The van der Waals surface area contributed by atoms with E-state index in [1.54, 1.807) is 0 Å². The summed E-state index contributed by atoms with van der Waals surface area (Å²) in [5.41, 5.74) is 6.64. The molecule has 0 fully saturated rings. The van der Waals surface area contributed by atoms with E-state index < -0.39 is 12.1 Å². The quantitative estimate of drug-likeness (QED) is 0.198. The zero-order chi connectivity index (χ0) is 34.4. The van der Waals surface area contributed by atoms with Crippen LogP contribution in [0.4, 0.5) is 0 Å². The van der Waals surface area contributed by atoms with Gasteiger partial charge in [0.25, 0.3) is 0 Å². The second kappa shape index (κ2) is 9.44. The molecule has 0 aliphatic rings. The number of hydrogen-bond acceptors (Lipinski definition) is 1. The number of para-hydroxylation sites is 1. The van der Waals surface area contributed by atoms with E-state index in [4.69, 9.17) is 14.0 Å². The maximum absolute atomic E-state index is 8.80. The summed E-state index contributed by atoms with van der Waals surface area (Å²) in [4.78, 5) is 0. The molecule has 0 radical (unpaired) electrons. The fourth-order valence-corrected chi connectivity index (χ4v) is 6.46. The third kappa shape index (κ3) is 3.72. The van der Waals surface area contributed by atoms with Gasteiger partial charge in [0.15, 0.2) is 0 Å². The lowest BCUT2D eigenvalue weighted by Gasteiger charge is -2.18. The van der Waals surface area contributed by atoms with Gasteiger partial charge < -0.3 is 4.42 Å². The molecule has 8 aromatic carbocycles. The summed E-state index contributed by atoms with van der Waals surface area (Å²) in [5.74, 6) is 0. The van der Waals surface area contributed by atoms with Gasteiger partial charge in [0, 0.05) is 10.8 Å². The molecule has 0 N–H and O–H groups in total. The number of benzene rings is 8. The molecule has 0 atom stereocenters. The van der Waals surface area contributed by atoms with Gasteiger partial charge in [-0.05, 0) is 83.9 Å². The lowest BCUT2D eigenvalue weighted by atomic mass is 9.85. The molecule has 0 bridgehead atoms. The van der Waals surface area contributed by atoms with Crippen LogP contribution in [-0.2, 0) is 0 Å². The first kappa shape index (κ1) is 18.0. The van der Waals surface area contributed by atoms with Crippen LogP contribution in [0.5, 0.6) is 0 Å². The molecule has 200 valence electrons. The third-order valence-electron chi connectivity index (χ3n) is 8.37. The fraction of sp³-hybridized carbons (Fsp3) is 0. The molecule has 1 nitrogen and oxygen atoms in total. The van der Waals surface area contributed by atoms with Crippen LogP contribution >= 0.6 is 0 Å². The van der Waals surface area contributed by atoms with Crippen molar-refractivity contribution in [1.29, 1.82) is 0 Å². The van der Waals surface area contributed by atoms with Gasteiger partial charge in [-0.1, -0.05) is 139 Å². The molecule has 1 heterocycles. The van der Waals surface area contributed by atoms with Gasteiger partial charge >= 0.3 is 0 Å². The molecule has 0 spiro atoms. The Morgan fingerprint density at radius 2 is 0.930 bits per heavy atom. The molecule has 9 rings (SSSR count). The van der Waals surface area contributed by atoms with Crippen molar-refractivity contribution in [2.45, 2.75) is 0 Å². The highest BCUT2D eigenvalue weighted by atomic mass is 16.3. The van der Waals surface area contributed by atoms with Gasteiger partial charge in [-0.25, -0.2) is 0 Å². The van der Waals surface area contributed by atoms with E-state index in [-0.39, 0.29) is 46.5 Å². The summed E-state index contributed by atoms with van der Waals surface area (Å²) in [6.07, 6.45) is 0. The average molecular weight is 554 g/mol. The van der Waals surface area contributed by atoms with E-state index in [1.165, 1.54) is 0 Å². The van der Waals surface area contributed by atoms with E-state index in [2.05, 4.69) is 54.6 Å². The second-order valence-electron chi connectivity index (χ2n) is 10.7. The first-order valence-corrected chi connectivity index (χ1v) is 14.2. The Kier molecular flexibility index (Phi) is 3.95. The first-order valence-electron chi connectivity index (χ1n) is 17.7. The summed E-state index contributed by atoms with van der Waals surface area (Å²) >= 11 is 0. The zero-order valence-corrected chi connectivity index (χ0v) is 22.9. The van der Waals surface area contributed by atoms with Crippen molar-refractivity contribution in [3.05, 3.63) is 158 Å². The monoisotopic (exact) mass is 553 g/mol. The zero-order valence-electron chi connectivity index (χ0n) is 29.9. The second-order valence-corrected chi connectivity index (χ2v) is 10.7. The molecular weight excluding hydrogens is 520 g/mol. The SMILES string of the molecule is [2H]c1c([2H])c([2H])c2c(-c3ccc(-c4c5ccccc5c(-c5ccc6oc7ccccc7c6c5)c5ccccc45)cc3)c([2H])c([2H])c([2H])c2c1[2H]. The van der Waals surface area contributed by atoms with Crippen LogP contribution in [0, 0.1) is 0 Å². The van der Waals surface area contributed by atoms with Crippen molar-refractivity contribution < 1.29 is 14.0 Å². The molecule has 9 aromatic rings. The van der Waals surface area contributed by atoms with Crippen molar-refractivity contribution in [2.24, 2.45) is 0 Å². The lowest BCUT2D eigenvalue weighted by Crippen LogP contribution is -1.91. The van der Waals surface area contributed by atoms with Gasteiger partial charge in [-0.2, -0.15) is 0 Å². The first-order chi connectivity index (χ1) is 24.2. The van der Waals surface area contributed by atoms with E-state index in [0.29, 0.717) is 5.56 Å². The van der Waals surface area contributed by atoms with E-state index in [9.17, 15) is 0 Å². The lowest BCUT2D eigenvalue weighted by molar-refractivity contribution is 0.669. The normalized spacial score (nSPS) is 14.0. The minimum absolute atomic E-state index is 0.0507. The molecule has 0 aliphatic carbocycles. The highest BCUT2D eigenvalue weighted by Gasteiger charge is 2.18. The van der Waals surface area contributed by atoms with Crippen molar-refractivity contribution in [3.63, 3.8) is 0 Å². The van der Waals surface area contributed by atoms with Crippen LogP contribution in [0.3, 0.4) is 0 Å². The fourth-order valence-electron chi connectivity index (χ4n) is 6.46. The largest absolute Gasteiger partial charge is 0.456 e. The Morgan fingerprint density at radius 1 is 0.395 bits per heavy atom. The highest BCUT2D eigenvalue weighted by molar-refractivity contribution is 6.22. The summed E-state index contributed by atoms with van der Waals surface area (Å²) in [5, 5.41) is 6.49. The van der Waals surface area contributed by atoms with Crippen molar-refractivity contribution >= 4 is 54.3 Å². The molecule has 0 aliphatic heterocycles. The predicted molar refractivity (Wildman–Crippen MR) is 183 cm³/mol. The standard InChI is InChI=1S/C42H26O/c1-2-12-31-27(10-1)11-9-18-32(31)28-20-22-29(23-21-28)41-34-14-3-5-16-36(34)42(37-17-6-4-15-35(37)41)30-24-25-40-38(26-30)33-13-7-8-19-39(33)43-40/h1-26H/i1D,2D,9D,10D,11D,12D,18D. The average Bonchev–Trinajstić information content (AvgIpc) is 3.52. The Morgan fingerprint density at radius 3 is 1.65 bits per heavy atom. The Balaban J connectivity index is 1.28. The molecule has 0 saturated heterocycles. The third-order valence-corrected chi connectivity index (χ3v) is 8.37. The Hall–Kier alpha value is -5.66. The van der Waals surface area contributed by atoms with E-state index in [1.807, 2.05) is 60.7 Å². The van der Waals surface area contributed by atoms with Crippen molar-refractivity contribution in [1.82, 2.24) is 0 Å². The van der Waals surface area contributed by atoms with Crippen LogP contribution in [-0.4, -0.2) is 0 Å². The maximum atomic E-state index is 8.80. The topological polar surface area (TPSA) is 13.1 Å². The van der Waals surface area contributed by atoms with Crippen LogP contribution in [0.1, 0.15) is 9.60 Å². The molecule has 0 amide bonds. The molecular formula is C42H26O. The number of hydrogen-bond donors (Lipinski definition) is 0. The van der Waals surface area contributed by atoms with Crippen LogP contribution in [0.15, 0.2) is 162 Å². The van der Waals surface area contributed by atoms with E-state index >= 15 is 0 Å².